The summed E-state index contributed by atoms with van der Waals surface area (Å²) >= 11 is 1.68. The molecule has 1 aliphatic rings. The Morgan fingerprint density at radius 2 is 2.22 bits per heavy atom. The van der Waals surface area contributed by atoms with E-state index in [2.05, 4.69) is 25.2 Å². The van der Waals surface area contributed by atoms with Gasteiger partial charge in [0.25, 0.3) is 0 Å². The molecule has 18 heavy (non-hydrogen) atoms. The van der Waals surface area contributed by atoms with Gasteiger partial charge in [0.2, 0.25) is 5.91 Å². The van der Waals surface area contributed by atoms with E-state index in [9.17, 15) is 4.79 Å². The molecule has 1 saturated carbocycles. The van der Waals surface area contributed by atoms with Crippen LogP contribution < -0.4 is 11.1 Å². The van der Waals surface area contributed by atoms with Crippen LogP contribution in [0.15, 0.2) is 12.1 Å². The van der Waals surface area contributed by atoms with E-state index in [0.717, 1.165) is 4.88 Å². The standard InChI is InChI=1S/C13H20N2OS.ClH/c1-9-3-6-11(17-9)7-12(16)15-13(2,8-14)10-4-5-10;/h3,6,10H,4-5,7-8,14H2,1-2H3,(H,15,16);1H. The Balaban J connectivity index is 0.00000162. The van der Waals surface area contributed by atoms with Gasteiger partial charge in [0.1, 0.15) is 0 Å². The monoisotopic (exact) mass is 288 g/mol. The normalized spacial score (nSPS) is 17.7. The van der Waals surface area contributed by atoms with Crippen molar-refractivity contribution in [2.45, 2.75) is 38.6 Å². The summed E-state index contributed by atoms with van der Waals surface area (Å²) in [5.41, 5.74) is 5.58. The van der Waals surface area contributed by atoms with Gasteiger partial charge < -0.3 is 11.1 Å². The zero-order valence-corrected chi connectivity index (χ0v) is 12.5. The van der Waals surface area contributed by atoms with E-state index in [1.807, 2.05) is 6.07 Å². The average molecular weight is 289 g/mol. The van der Waals surface area contributed by atoms with Crippen molar-refractivity contribution < 1.29 is 4.79 Å². The van der Waals surface area contributed by atoms with E-state index >= 15 is 0 Å². The second-order valence-electron chi connectivity index (χ2n) is 5.13. The van der Waals surface area contributed by atoms with Gasteiger partial charge in [-0.2, -0.15) is 0 Å². The van der Waals surface area contributed by atoms with Crippen molar-refractivity contribution >= 4 is 29.7 Å². The van der Waals surface area contributed by atoms with E-state index in [1.165, 1.54) is 17.7 Å². The molecule has 1 aromatic heterocycles. The molecule has 1 amide bonds. The van der Waals surface area contributed by atoms with Crippen molar-refractivity contribution in [2.75, 3.05) is 6.54 Å². The Labute approximate surface area is 119 Å². The van der Waals surface area contributed by atoms with Crippen LogP contribution in [0.25, 0.3) is 0 Å². The van der Waals surface area contributed by atoms with Crippen LogP contribution >= 0.6 is 23.7 Å². The van der Waals surface area contributed by atoms with Gasteiger partial charge in [-0.05, 0) is 44.7 Å². The molecule has 0 saturated heterocycles. The molecular formula is C13H21ClN2OS. The fraction of sp³-hybridized carbons (Fsp3) is 0.615. The molecule has 5 heteroatoms. The molecular weight excluding hydrogens is 268 g/mol. The van der Waals surface area contributed by atoms with E-state index < -0.39 is 0 Å². The third kappa shape index (κ3) is 3.70. The summed E-state index contributed by atoms with van der Waals surface area (Å²) < 4.78 is 0. The highest BCUT2D eigenvalue weighted by Gasteiger charge is 2.41. The Kier molecular flexibility index (Phi) is 5.20. The molecule has 1 heterocycles. The zero-order chi connectivity index (χ0) is 12.5. The van der Waals surface area contributed by atoms with Gasteiger partial charge in [0, 0.05) is 16.3 Å². The van der Waals surface area contributed by atoms with Gasteiger partial charge in [-0.15, -0.1) is 23.7 Å². The number of aryl methyl sites for hydroxylation is 1. The molecule has 0 spiro atoms. The Hall–Kier alpha value is -0.580. The van der Waals surface area contributed by atoms with Crippen molar-refractivity contribution in [1.29, 1.82) is 0 Å². The van der Waals surface area contributed by atoms with Gasteiger partial charge in [0.05, 0.1) is 12.0 Å². The topological polar surface area (TPSA) is 55.1 Å². The summed E-state index contributed by atoms with van der Waals surface area (Å²) in [6.07, 6.45) is 2.85. The van der Waals surface area contributed by atoms with Crippen LogP contribution in [0.2, 0.25) is 0 Å². The number of carbonyl (C=O) groups excluding carboxylic acids is 1. The molecule has 1 aromatic rings. The minimum atomic E-state index is -0.205. The smallest absolute Gasteiger partial charge is 0.225 e. The van der Waals surface area contributed by atoms with Gasteiger partial charge in [-0.25, -0.2) is 0 Å². The zero-order valence-electron chi connectivity index (χ0n) is 10.9. The quantitative estimate of drug-likeness (QED) is 0.873. The first kappa shape index (κ1) is 15.5. The molecule has 1 unspecified atom stereocenters. The van der Waals surface area contributed by atoms with Crippen molar-refractivity contribution in [1.82, 2.24) is 5.32 Å². The lowest BCUT2D eigenvalue weighted by Crippen LogP contribution is -2.53. The third-order valence-corrected chi connectivity index (χ3v) is 4.46. The number of halogens is 1. The first-order valence-corrected chi connectivity index (χ1v) is 6.91. The molecule has 0 aromatic carbocycles. The molecule has 3 nitrogen and oxygen atoms in total. The number of hydrogen-bond acceptors (Lipinski definition) is 3. The summed E-state index contributed by atoms with van der Waals surface area (Å²) in [6.45, 7) is 4.63. The van der Waals surface area contributed by atoms with Crippen LogP contribution in [0, 0.1) is 12.8 Å². The maximum absolute atomic E-state index is 12.0. The molecule has 3 N–H and O–H groups in total. The fourth-order valence-corrected chi connectivity index (χ4v) is 3.03. The van der Waals surface area contributed by atoms with Gasteiger partial charge in [-0.1, -0.05) is 0 Å². The van der Waals surface area contributed by atoms with Crippen molar-refractivity contribution in [3.63, 3.8) is 0 Å². The summed E-state index contributed by atoms with van der Waals surface area (Å²) in [4.78, 5) is 14.3. The fourth-order valence-electron chi connectivity index (χ4n) is 2.14. The molecule has 1 aliphatic carbocycles. The highest BCUT2D eigenvalue weighted by Crippen LogP contribution is 2.39. The summed E-state index contributed by atoms with van der Waals surface area (Å²) in [6, 6.07) is 4.08. The molecule has 0 aliphatic heterocycles. The Bertz CT molecular complexity index is 417. The maximum Gasteiger partial charge on any atom is 0.225 e. The highest BCUT2D eigenvalue weighted by molar-refractivity contribution is 7.12. The number of hydrogen-bond donors (Lipinski definition) is 2. The van der Waals surface area contributed by atoms with Gasteiger partial charge >= 0.3 is 0 Å². The largest absolute Gasteiger partial charge is 0.349 e. The number of nitrogens with two attached hydrogens (primary N) is 1. The van der Waals surface area contributed by atoms with Crippen molar-refractivity contribution in [3.8, 4) is 0 Å². The molecule has 1 fully saturated rings. The van der Waals surface area contributed by atoms with Crippen molar-refractivity contribution in [2.24, 2.45) is 11.7 Å². The molecule has 1 atom stereocenters. The van der Waals surface area contributed by atoms with E-state index in [-0.39, 0.29) is 23.9 Å². The summed E-state index contributed by atoms with van der Waals surface area (Å²) in [7, 11) is 0. The van der Waals surface area contributed by atoms with E-state index in [0.29, 0.717) is 18.9 Å². The first-order valence-electron chi connectivity index (χ1n) is 6.10. The first-order chi connectivity index (χ1) is 8.03. The lowest BCUT2D eigenvalue weighted by atomic mass is 9.96. The SMILES string of the molecule is Cc1ccc(CC(=O)NC(C)(CN)C2CC2)s1.Cl. The van der Waals surface area contributed by atoms with E-state index in [1.54, 1.807) is 11.3 Å². The number of nitrogens with one attached hydrogen (secondary N) is 1. The molecule has 0 bridgehead atoms. The number of amides is 1. The molecule has 102 valence electrons. The highest BCUT2D eigenvalue weighted by atomic mass is 35.5. The number of thiophene rings is 1. The lowest BCUT2D eigenvalue weighted by Gasteiger charge is -2.29. The average Bonchev–Trinajstić information content (AvgIpc) is 3.04. The van der Waals surface area contributed by atoms with Crippen LogP contribution in [0.4, 0.5) is 0 Å². The Morgan fingerprint density at radius 1 is 1.56 bits per heavy atom. The van der Waals surface area contributed by atoms with Crippen molar-refractivity contribution in [3.05, 3.63) is 21.9 Å². The minimum absolute atomic E-state index is 0. The summed E-state index contributed by atoms with van der Waals surface area (Å²) in [5.74, 6) is 0.660. The van der Waals surface area contributed by atoms with E-state index in [4.69, 9.17) is 5.73 Å². The lowest BCUT2D eigenvalue weighted by molar-refractivity contribution is -0.122. The number of carbonyl (C=O) groups is 1. The second-order valence-corrected chi connectivity index (χ2v) is 6.51. The third-order valence-electron chi connectivity index (χ3n) is 3.46. The summed E-state index contributed by atoms with van der Waals surface area (Å²) in [5, 5.41) is 3.11. The predicted molar refractivity (Wildman–Crippen MR) is 78.3 cm³/mol. The molecule has 0 radical (unpaired) electrons. The van der Waals surface area contributed by atoms with Gasteiger partial charge in [0.15, 0.2) is 0 Å². The maximum atomic E-state index is 12.0. The van der Waals surface area contributed by atoms with Crippen LogP contribution in [0.1, 0.15) is 29.5 Å². The van der Waals surface area contributed by atoms with Crippen LogP contribution in [-0.4, -0.2) is 18.0 Å². The minimum Gasteiger partial charge on any atom is -0.349 e. The van der Waals surface area contributed by atoms with Crippen LogP contribution in [0.5, 0.6) is 0 Å². The predicted octanol–water partition coefficient (Wildman–Crippen LogP) is 2.26. The number of rotatable bonds is 5. The second kappa shape index (κ2) is 6.04. The molecule has 2 rings (SSSR count). The van der Waals surface area contributed by atoms with Crippen LogP contribution in [-0.2, 0) is 11.2 Å². The van der Waals surface area contributed by atoms with Gasteiger partial charge in [-0.3, -0.25) is 4.79 Å². The van der Waals surface area contributed by atoms with Crippen LogP contribution in [0.3, 0.4) is 0 Å². The Morgan fingerprint density at radius 3 is 2.67 bits per heavy atom.